The Labute approximate surface area is 140 Å². The Hall–Kier alpha value is -0.720. The summed E-state index contributed by atoms with van der Waals surface area (Å²) in [5.74, 6) is 1.37. The number of amides is 1. The average Bonchev–Trinajstić information content (AvgIpc) is 3.05. The van der Waals surface area contributed by atoms with E-state index in [9.17, 15) is 4.79 Å². The molecule has 1 heterocycles. The van der Waals surface area contributed by atoms with E-state index in [2.05, 4.69) is 22.3 Å². The van der Waals surface area contributed by atoms with Crippen LogP contribution >= 0.6 is 35.7 Å². The predicted molar refractivity (Wildman–Crippen MR) is 96.0 cm³/mol. The zero-order chi connectivity index (χ0) is 14.9. The quantitative estimate of drug-likeness (QED) is 0.489. The Morgan fingerprint density at radius 1 is 1.24 bits per heavy atom. The molecule has 1 aliphatic heterocycles. The minimum Gasteiger partial charge on any atom is -0.358 e. The summed E-state index contributed by atoms with van der Waals surface area (Å²) in [6.45, 7) is 2.78. The molecule has 1 saturated heterocycles. The Morgan fingerprint density at radius 2 is 1.95 bits per heavy atom. The number of nitrogens with zero attached hydrogens (tertiary/aromatic N) is 1. The van der Waals surface area contributed by atoms with Crippen LogP contribution in [0.1, 0.15) is 12.8 Å². The number of benzene rings is 1. The molecule has 6 heteroatoms. The highest BCUT2D eigenvalue weighted by Gasteiger charge is 2.15. The van der Waals surface area contributed by atoms with Crippen molar-refractivity contribution in [2.24, 2.45) is 0 Å². The Morgan fingerprint density at radius 3 is 2.67 bits per heavy atom. The van der Waals surface area contributed by atoms with E-state index in [1.165, 1.54) is 29.5 Å². The number of thioether (sulfide) groups is 2. The summed E-state index contributed by atoms with van der Waals surface area (Å²) in [5, 5.41) is 2.94. The van der Waals surface area contributed by atoms with Gasteiger partial charge in [-0.25, -0.2) is 0 Å². The first-order valence-corrected chi connectivity index (χ1v) is 9.50. The number of likely N-dealkylation sites (tertiary alicyclic amines) is 1. The molecular formula is C15H20N2OS3. The van der Waals surface area contributed by atoms with Gasteiger partial charge >= 0.3 is 0 Å². The molecule has 0 aromatic heterocycles. The summed E-state index contributed by atoms with van der Waals surface area (Å²) >= 11 is 8.56. The van der Waals surface area contributed by atoms with Crippen LogP contribution in [0.15, 0.2) is 35.2 Å². The second kappa shape index (κ2) is 9.33. The SMILES string of the molecule is O=C(CSC(=S)N1CCCC1)NCCSc1ccccc1. The Bertz CT molecular complexity index is 461. The van der Waals surface area contributed by atoms with Gasteiger partial charge in [-0.1, -0.05) is 42.2 Å². The third kappa shape index (κ3) is 6.28. The van der Waals surface area contributed by atoms with E-state index in [-0.39, 0.29) is 5.91 Å². The monoisotopic (exact) mass is 340 g/mol. The highest BCUT2D eigenvalue weighted by molar-refractivity contribution is 8.23. The first-order chi connectivity index (χ1) is 10.3. The van der Waals surface area contributed by atoms with Gasteiger partial charge < -0.3 is 10.2 Å². The van der Waals surface area contributed by atoms with Crippen LogP contribution in [0.3, 0.4) is 0 Å². The summed E-state index contributed by atoms with van der Waals surface area (Å²) in [4.78, 5) is 15.2. The van der Waals surface area contributed by atoms with Crippen molar-refractivity contribution in [3.05, 3.63) is 30.3 Å². The highest BCUT2D eigenvalue weighted by Crippen LogP contribution is 2.17. The lowest BCUT2D eigenvalue weighted by atomic mass is 10.4. The van der Waals surface area contributed by atoms with Crippen LogP contribution < -0.4 is 5.32 Å². The van der Waals surface area contributed by atoms with E-state index in [1.54, 1.807) is 11.8 Å². The molecule has 2 rings (SSSR count). The van der Waals surface area contributed by atoms with Gasteiger partial charge in [-0.15, -0.1) is 11.8 Å². The summed E-state index contributed by atoms with van der Waals surface area (Å²) in [7, 11) is 0. The molecule has 1 aromatic rings. The summed E-state index contributed by atoms with van der Waals surface area (Å²) in [5.41, 5.74) is 0. The largest absolute Gasteiger partial charge is 0.358 e. The highest BCUT2D eigenvalue weighted by atomic mass is 32.2. The first-order valence-electron chi connectivity index (χ1n) is 7.12. The van der Waals surface area contributed by atoms with Gasteiger partial charge in [0, 0.05) is 30.3 Å². The van der Waals surface area contributed by atoms with E-state index in [4.69, 9.17) is 12.2 Å². The third-order valence-electron chi connectivity index (χ3n) is 3.13. The molecule has 3 nitrogen and oxygen atoms in total. The summed E-state index contributed by atoms with van der Waals surface area (Å²) in [6.07, 6.45) is 2.42. The zero-order valence-electron chi connectivity index (χ0n) is 11.9. The summed E-state index contributed by atoms with van der Waals surface area (Å²) < 4.78 is 0.862. The average molecular weight is 341 g/mol. The van der Waals surface area contributed by atoms with Gasteiger partial charge in [0.15, 0.2) is 0 Å². The van der Waals surface area contributed by atoms with Crippen molar-refractivity contribution in [2.45, 2.75) is 17.7 Å². The van der Waals surface area contributed by atoms with Crippen LogP contribution in [0.2, 0.25) is 0 Å². The topological polar surface area (TPSA) is 32.3 Å². The molecule has 0 bridgehead atoms. The number of hydrogen-bond donors (Lipinski definition) is 1. The maximum atomic E-state index is 11.8. The molecule has 0 aliphatic carbocycles. The van der Waals surface area contributed by atoms with Gasteiger partial charge in [0.25, 0.3) is 0 Å². The fraction of sp³-hybridized carbons (Fsp3) is 0.467. The number of rotatable bonds is 6. The number of carbonyl (C=O) groups excluding carboxylic acids is 1. The lowest BCUT2D eigenvalue weighted by Gasteiger charge is -2.17. The standard InChI is InChI=1S/C15H20N2OS3/c18-14(12-21-15(19)17-9-4-5-10-17)16-8-11-20-13-6-2-1-3-7-13/h1-3,6-7H,4-5,8-12H2,(H,16,18). The molecule has 21 heavy (non-hydrogen) atoms. The maximum absolute atomic E-state index is 11.8. The van der Waals surface area contributed by atoms with Crippen LogP contribution in [0, 0.1) is 0 Å². The molecule has 1 amide bonds. The van der Waals surface area contributed by atoms with E-state index in [0.717, 1.165) is 23.2 Å². The van der Waals surface area contributed by atoms with Gasteiger partial charge in [-0.3, -0.25) is 4.79 Å². The molecule has 0 atom stereocenters. The van der Waals surface area contributed by atoms with Crippen molar-refractivity contribution in [2.75, 3.05) is 31.1 Å². The van der Waals surface area contributed by atoms with Crippen LogP contribution in [0.5, 0.6) is 0 Å². The lowest BCUT2D eigenvalue weighted by Crippen LogP contribution is -2.30. The van der Waals surface area contributed by atoms with Crippen molar-refractivity contribution < 1.29 is 4.79 Å². The molecular weight excluding hydrogens is 320 g/mol. The molecule has 114 valence electrons. The van der Waals surface area contributed by atoms with Crippen molar-refractivity contribution in [3.63, 3.8) is 0 Å². The van der Waals surface area contributed by atoms with Gasteiger partial charge in [0.2, 0.25) is 5.91 Å². The number of hydrogen-bond acceptors (Lipinski definition) is 4. The number of carbonyl (C=O) groups is 1. The van der Waals surface area contributed by atoms with Crippen molar-refractivity contribution in [1.82, 2.24) is 10.2 Å². The fourth-order valence-corrected chi connectivity index (χ4v) is 3.92. The van der Waals surface area contributed by atoms with Gasteiger partial charge in [-0.05, 0) is 25.0 Å². The molecule has 0 unspecified atom stereocenters. The van der Waals surface area contributed by atoms with Crippen molar-refractivity contribution in [1.29, 1.82) is 0 Å². The minimum absolute atomic E-state index is 0.0650. The van der Waals surface area contributed by atoms with Crippen molar-refractivity contribution in [3.8, 4) is 0 Å². The van der Waals surface area contributed by atoms with Crippen LogP contribution in [-0.4, -0.2) is 46.3 Å². The third-order valence-corrected chi connectivity index (χ3v) is 5.66. The zero-order valence-corrected chi connectivity index (χ0v) is 14.4. The van der Waals surface area contributed by atoms with Crippen LogP contribution in [0.25, 0.3) is 0 Å². The number of nitrogens with one attached hydrogen (secondary N) is 1. The maximum Gasteiger partial charge on any atom is 0.230 e. The Balaban J connectivity index is 1.54. The second-order valence-electron chi connectivity index (χ2n) is 4.76. The van der Waals surface area contributed by atoms with E-state index >= 15 is 0 Å². The van der Waals surface area contributed by atoms with E-state index in [1.807, 2.05) is 18.2 Å². The van der Waals surface area contributed by atoms with Crippen molar-refractivity contribution >= 4 is 46.0 Å². The molecule has 0 saturated carbocycles. The second-order valence-corrected chi connectivity index (χ2v) is 7.54. The van der Waals surface area contributed by atoms with E-state index < -0.39 is 0 Å². The first kappa shape index (κ1) is 16.6. The van der Waals surface area contributed by atoms with Gasteiger partial charge in [0.1, 0.15) is 4.32 Å². The van der Waals surface area contributed by atoms with Crippen LogP contribution in [0.4, 0.5) is 0 Å². The molecule has 1 aromatic carbocycles. The lowest BCUT2D eigenvalue weighted by molar-refractivity contribution is -0.118. The molecule has 1 fully saturated rings. The Kier molecular flexibility index (Phi) is 7.39. The van der Waals surface area contributed by atoms with E-state index in [0.29, 0.717) is 12.3 Å². The minimum atomic E-state index is 0.0650. The fourth-order valence-electron chi connectivity index (χ4n) is 2.05. The van der Waals surface area contributed by atoms with Gasteiger partial charge in [-0.2, -0.15) is 0 Å². The molecule has 1 aliphatic rings. The van der Waals surface area contributed by atoms with Crippen LogP contribution in [-0.2, 0) is 4.79 Å². The summed E-state index contributed by atoms with van der Waals surface area (Å²) in [6, 6.07) is 10.2. The van der Waals surface area contributed by atoms with Gasteiger partial charge in [0.05, 0.1) is 5.75 Å². The number of thiocarbonyl (C=S) groups is 1. The smallest absolute Gasteiger partial charge is 0.230 e. The molecule has 1 N–H and O–H groups in total. The molecule has 0 spiro atoms. The predicted octanol–water partition coefficient (Wildman–Crippen LogP) is 3.01. The molecule has 0 radical (unpaired) electrons. The normalized spacial score (nSPS) is 14.2.